The van der Waals surface area contributed by atoms with Crippen molar-refractivity contribution in [2.75, 3.05) is 13.2 Å². The van der Waals surface area contributed by atoms with E-state index in [0.717, 1.165) is 39.6 Å². The Bertz CT molecular complexity index is 1900. The molecule has 0 aliphatic heterocycles. The van der Waals surface area contributed by atoms with Crippen LogP contribution in [0, 0.1) is 0 Å². The van der Waals surface area contributed by atoms with Crippen LogP contribution in [0.3, 0.4) is 0 Å². The Kier molecular flexibility index (Phi) is 9.87. The molecule has 1 atom stereocenters. The Morgan fingerprint density at radius 2 is 1.26 bits per heavy atom. The summed E-state index contributed by atoms with van der Waals surface area (Å²) >= 11 is 0. The summed E-state index contributed by atoms with van der Waals surface area (Å²) < 4.78 is 26.0. The van der Waals surface area contributed by atoms with Gasteiger partial charge in [0.2, 0.25) is 0 Å². The molecular formula is C41H39NO5. The fraction of sp³-hybridized carbons (Fsp3) is 0.195. The lowest BCUT2D eigenvalue weighted by molar-refractivity contribution is -0.145. The lowest BCUT2D eigenvalue weighted by Gasteiger charge is -2.37. The minimum Gasteiger partial charge on any atom is -0.485 e. The third-order valence-corrected chi connectivity index (χ3v) is 8.41. The molecule has 238 valence electrons. The Labute approximate surface area is 276 Å². The molecule has 0 bridgehead atoms. The van der Waals surface area contributed by atoms with E-state index < -0.39 is 11.5 Å². The molecule has 6 heteroatoms. The zero-order valence-electron chi connectivity index (χ0n) is 26.8. The van der Waals surface area contributed by atoms with Crippen molar-refractivity contribution in [3.8, 4) is 17.2 Å². The van der Waals surface area contributed by atoms with Crippen LogP contribution in [0.5, 0.6) is 17.2 Å². The first-order valence-corrected chi connectivity index (χ1v) is 16.0. The number of fused-ring (bicyclic) bond motifs is 1. The molecule has 0 N–H and O–H groups in total. The van der Waals surface area contributed by atoms with Gasteiger partial charge in [0.05, 0.1) is 12.1 Å². The Hall–Kier alpha value is -5.49. The predicted molar refractivity (Wildman–Crippen MR) is 185 cm³/mol. The summed E-state index contributed by atoms with van der Waals surface area (Å²) in [4.78, 5) is 11.9. The second-order valence-corrected chi connectivity index (χ2v) is 11.3. The van der Waals surface area contributed by atoms with Crippen LogP contribution in [0.2, 0.25) is 0 Å². The van der Waals surface area contributed by atoms with Crippen LogP contribution in [0.15, 0.2) is 140 Å². The van der Waals surface area contributed by atoms with Crippen molar-refractivity contribution >= 4 is 16.9 Å². The molecule has 1 heterocycles. The van der Waals surface area contributed by atoms with Crippen LogP contribution in [-0.2, 0) is 28.3 Å². The number of hydrogen-bond acceptors (Lipinski definition) is 5. The van der Waals surface area contributed by atoms with E-state index in [2.05, 4.69) is 96.6 Å². The highest BCUT2D eigenvalue weighted by molar-refractivity contribution is 5.81. The summed E-state index contributed by atoms with van der Waals surface area (Å²) in [5, 5.41) is 1.16. The van der Waals surface area contributed by atoms with Crippen molar-refractivity contribution in [1.82, 2.24) is 4.57 Å². The van der Waals surface area contributed by atoms with E-state index in [1.807, 2.05) is 54.6 Å². The van der Waals surface area contributed by atoms with Crippen molar-refractivity contribution in [3.05, 3.63) is 162 Å². The number of hydrogen-bond donors (Lipinski definition) is 0. The van der Waals surface area contributed by atoms with E-state index in [9.17, 15) is 4.79 Å². The third-order valence-electron chi connectivity index (χ3n) is 8.41. The molecule has 0 amide bonds. The average Bonchev–Trinajstić information content (AvgIpc) is 3.56. The number of nitrogens with zero attached hydrogens (tertiary/aromatic N) is 1. The van der Waals surface area contributed by atoms with Gasteiger partial charge in [-0.2, -0.15) is 0 Å². The number of ether oxygens (including phenoxy) is 4. The SMILES string of the molecule is CCOC(=O)COc1ccc(C(CC)(c2ccc(OCc3ccccc3)c(OCc3ccccc3)c2)n2ccc3ccccc32)cc1. The molecule has 0 saturated carbocycles. The van der Waals surface area contributed by atoms with Gasteiger partial charge in [-0.15, -0.1) is 0 Å². The minimum absolute atomic E-state index is 0.138. The van der Waals surface area contributed by atoms with E-state index >= 15 is 0 Å². The lowest BCUT2D eigenvalue weighted by Crippen LogP contribution is -2.35. The monoisotopic (exact) mass is 625 g/mol. The molecule has 1 unspecified atom stereocenters. The fourth-order valence-electron chi connectivity index (χ4n) is 6.08. The van der Waals surface area contributed by atoms with Crippen molar-refractivity contribution in [3.63, 3.8) is 0 Å². The van der Waals surface area contributed by atoms with Crippen molar-refractivity contribution < 1.29 is 23.7 Å². The first-order valence-electron chi connectivity index (χ1n) is 16.0. The van der Waals surface area contributed by atoms with Gasteiger partial charge in [-0.3, -0.25) is 0 Å². The van der Waals surface area contributed by atoms with E-state index in [4.69, 9.17) is 18.9 Å². The number of para-hydroxylation sites is 1. The average molecular weight is 626 g/mol. The zero-order valence-corrected chi connectivity index (χ0v) is 26.8. The summed E-state index contributed by atoms with van der Waals surface area (Å²) in [5.41, 5.74) is 4.79. The molecule has 47 heavy (non-hydrogen) atoms. The molecule has 0 spiro atoms. The van der Waals surface area contributed by atoms with Gasteiger partial charge in [-0.1, -0.05) is 104 Å². The van der Waals surface area contributed by atoms with Gasteiger partial charge < -0.3 is 23.5 Å². The molecule has 0 radical (unpaired) electrons. The fourth-order valence-corrected chi connectivity index (χ4v) is 6.08. The molecule has 6 aromatic rings. The lowest BCUT2D eigenvalue weighted by atomic mass is 9.79. The molecule has 6 rings (SSSR count). The molecular weight excluding hydrogens is 586 g/mol. The van der Waals surface area contributed by atoms with Crippen molar-refractivity contribution in [2.45, 2.75) is 39.0 Å². The molecule has 1 aromatic heterocycles. The first-order chi connectivity index (χ1) is 23.1. The van der Waals surface area contributed by atoms with Crippen molar-refractivity contribution in [2.24, 2.45) is 0 Å². The molecule has 0 saturated heterocycles. The number of rotatable bonds is 14. The standard InChI is InChI=1S/C41H39NO5/c1-3-41(42-26-25-33-17-11-12-18-37(33)42,34-19-22-36(23-20-34)45-30-40(43)44-4-2)35-21-24-38(46-28-31-13-7-5-8-14-31)39(27-35)47-29-32-15-9-6-10-16-32/h5-27H,3-4,28-30H2,1-2H3. The smallest absolute Gasteiger partial charge is 0.344 e. The van der Waals surface area contributed by atoms with Crippen LogP contribution in [0.4, 0.5) is 0 Å². The van der Waals surface area contributed by atoms with E-state index in [1.54, 1.807) is 6.92 Å². The summed E-state index contributed by atoms with van der Waals surface area (Å²) in [6.07, 6.45) is 2.90. The maximum absolute atomic E-state index is 11.9. The maximum Gasteiger partial charge on any atom is 0.344 e. The molecule has 6 nitrogen and oxygen atoms in total. The van der Waals surface area contributed by atoms with E-state index in [0.29, 0.717) is 37.1 Å². The number of carbonyl (C=O) groups is 1. The van der Waals surface area contributed by atoms with Crippen LogP contribution in [-0.4, -0.2) is 23.8 Å². The molecule has 0 aliphatic rings. The molecule has 5 aromatic carbocycles. The van der Waals surface area contributed by atoms with Crippen LogP contribution >= 0.6 is 0 Å². The highest BCUT2D eigenvalue weighted by Crippen LogP contribution is 2.43. The zero-order chi connectivity index (χ0) is 32.5. The minimum atomic E-state index is -0.606. The van der Waals surface area contributed by atoms with Crippen LogP contribution in [0.25, 0.3) is 10.9 Å². The van der Waals surface area contributed by atoms with Gasteiger partial charge in [0.25, 0.3) is 0 Å². The van der Waals surface area contributed by atoms with Gasteiger partial charge in [-0.05, 0) is 77.4 Å². The number of esters is 1. The summed E-state index contributed by atoms with van der Waals surface area (Å²) in [5.74, 6) is 1.56. The quantitative estimate of drug-likeness (QED) is 0.113. The number of carbonyl (C=O) groups excluding carboxylic acids is 1. The molecule has 0 fully saturated rings. The number of aromatic nitrogens is 1. The third kappa shape index (κ3) is 7.02. The Morgan fingerprint density at radius 1 is 0.638 bits per heavy atom. The van der Waals surface area contributed by atoms with Gasteiger partial charge in [-0.25, -0.2) is 4.79 Å². The highest BCUT2D eigenvalue weighted by atomic mass is 16.6. The van der Waals surface area contributed by atoms with Crippen molar-refractivity contribution in [1.29, 1.82) is 0 Å². The van der Waals surface area contributed by atoms with Gasteiger partial charge in [0.1, 0.15) is 19.0 Å². The van der Waals surface area contributed by atoms with E-state index in [1.165, 1.54) is 0 Å². The van der Waals surface area contributed by atoms with Gasteiger partial charge >= 0.3 is 5.97 Å². The Morgan fingerprint density at radius 3 is 1.91 bits per heavy atom. The second kappa shape index (κ2) is 14.7. The summed E-state index contributed by atoms with van der Waals surface area (Å²) in [6, 6.07) is 45.1. The summed E-state index contributed by atoms with van der Waals surface area (Å²) in [7, 11) is 0. The highest BCUT2D eigenvalue weighted by Gasteiger charge is 2.36. The van der Waals surface area contributed by atoms with E-state index in [-0.39, 0.29) is 6.61 Å². The predicted octanol–water partition coefficient (Wildman–Crippen LogP) is 8.94. The summed E-state index contributed by atoms with van der Waals surface area (Å²) in [6.45, 7) is 4.99. The van der Waals surface area contributed by atoms with Crippen LogP contribution < -0.4 is 14.2 Å². The second-order valence-electron chi connectivity index (χ2n) is 11.3. The maximum atomic E-state index is 11.9. The normalized spacial score (nSPS) is 12.3. The van der Waals surface area contributed by atoms with Gasteiger partial charge in [0, 0.05) is 11.7 Å². The largest absolute Gasteiger partial charge is 0.485 e. The Balaban J connectivity index is 1.43. The van der Waals surface area contributed by atoms with Gasteiger partial charge in [0.15, 0.2) is 18.1 Å². The molecule has 0 aliphatic carbocycles. The first kappa shape index (κ1) is 31.5. The number of benzene rings is 5. The van der Waals surface area contributed by atoms with Crippen LogP contribution in [0.1, 0.15) is 42.5 Å². The topological polar surface area (TPSA) is 58.9 Å².